The highest BCUT2D eigenvalue weighted by Crippen LogP contribution is 2.23. The van der Waals surface area contributed by atoms with E-state index in [2.05, 4.69) is 14.4 Å². The van der Waals surface area contributed by atoms with Crippen molar-refractivity contribution in [1.82, 2.24) is 14.6 Å². The lowest BCUT2D eigenvalue weighted by Crippen LogP contribution is -2.41. The summed E-state index contributed by atoms with van der Waals surface area (Å²) in [7, 11) is -2.41. The van der Waals surface area contributed by atoms with E-state index in [4.69, 9.17) is 0 Å². The molecule has 2 heterocycles. The van der Waals surface area contributed by atoms with Crippen molar-refractivity contribution in [2.75, 3.05) is 33.0 Å². The lowest BCUT2D eigenvalue weighted by Gasteiger charge is -2.32. The van der Waals surface area contributed by atoms with Gasteiger partial charge >= 0.3 is 5.97 Å². The van der Waals surface area contributed by atoms with Crippen molar-refractivity contribution in [3.63, 3.8) is 0 Å². The molecule has 1 saturated heterocycles. The maximum atomic E-state index is 12.8. The second kappa shape index (κ2) is 10.3. The van der Waals surface area contributed by atoms with Crippen LogP contribution in [-0.4, -0.2) is 63.2 Å². The van der Waals surface area contributed by atoms with Crippen LogP contribution in [0.3, 0.4) is 0 Å². The van der Waals surface area contributed by atoms with E-state index < -0.39 is 16.0 Å². The summed E-state index contributed by atoms with van der Waals surface area (Å²) in [6, 6.07) is 9.15. The molecule has 1 aromatic carbocycles. The molecule has 1 aliphatic rings. The quantitative estimate of drug-likeness (QED) is 0.496. The number of sulfonamides is 1. The highest BCUT2D eigenvalue weighted by atomic mass is 32.2. The minimum atomic E-state index is -3.68. The number of piperidine rings is 1. The van der Waals surface area contributed by atoms with Gasteiger partial charge < -0.3 is 9.64 Å². The van der Waals surface area contributed by atoms with E-state index in [0.29, 0.717) is 43.1 Å². The van der Waals surface area contributed by atoms with Gasteiger partial charge in [0.1, 0.15) is 5.03 Å². The Labute approximate surface area is 186 Å². The van der Waals surface area contributed by atoms with Gasteiger partial charge in [0.2, 0.25) is 10.0 Å². The Morgan fingerprint density at radius 1 is 1.19 bits per heavy atom. The molecule has 0 bridgehead atoms. The highest BCUT2D eigenvalue weighted by molar-refractivity contribution is 7.98. The summed E-state index contributed by atoms with van der Waals surface area (Å²) in [5, 5.41) is 0.709. The number of likely N-dealkylation sites (tertiary alicyclic amines) is 1. The zero-order valence-electron chi connectivity index (χ0n) is 17.4. The Hall–Kier alpha value is -2.43. The Morgan fingerprint density at radius 3 is 2.48 bits per heavy atom. The molecule has 1 fully saturated rings. The minimum Gasteiger partial charge on any atom is -0.465 e. The molecule has 3 rings (SSSR count). The van der Waals surface area contributed by atoms with Gasteiger partial charge in [-0.2, -0.15) is 0 Å². The van der Waals surface area contributed by atoms with E-state index in [9.17, 15) is 18.0 Å². The number of amides is 1. The van der Waals surface area contributed by atoms with Gasteiger partial charge in [-0.15, -0.1) is 11.8 Å². The first-order chi connectivity index (χ1) is 14.9. The fourth-order valence-corrected chi connectivity index (χ4v) is 5.08. The summed E-state index contributed by atoms with van der Waals surface area (Å²) < 4.78 is 32.4. The number of nitrogens with one attached hydrogen (secondary N) is 1. The average molecular weight is 464 g/mol. The summed E-state index contributed by atoms with van der Waals surface area (Å²) in [5.41, 5.74) is 0.890. The topological polar surface area (TPSA) is 106 Å². The molecule has 0 atom stereocenters. The molecule has 0 unspecified atom stereocenters. The summed E-state index contributed by atoms with van der Waals surface area (Å²) in [5.74, 6) is -0.418. The number of aromatic nitrogens is 1. The number of esters is 1. The SMILES string of the molecule is COC(=O)c1ccc(S(=O)(=O)NCC2CCN(C(=O)c3cccnc3SC)CC2)cc1. The zero-order chi connectivity index (χ0) is 22.4. The molecular weight excluding hydrogens is 438 g/mol. The first-order valence-electron chi connectivity index (χ1n) is 9.82. The van der Waals surface area contributed by atoms with Crippen molar-refractivity contribution < 1.29 is 22.7 Å². The molecule has 1 amide bonds. The molecule has 8 nitrogen and oxygen atoms in total. The summed E-state index contributed by atoms with van der Waals surface area (Å²) >= 11 is 1.44. The molecule has 0 saturated carbocycles. The number of benzene rings is 1. The van der Waals surface area contributed by atoms with Crippen LogP contribution in [0.2, 0.25) is 0 Å². The lowest BCUT2D eigenvalue weighted by atomic mass is 9.97. The second-order valence-electron chi connectivity index (χ2n) is 7.16. The van der Waals surface area contributed by atoms with Gasteiger partial charge in [-0.25, -0.2) is 22.9 Å². The van der Waals surface area contributed by atoms with Gasteiger partial charge in [-0.05, 0) is 61.4 Å². The lowest BCUT2D eigenvalue weighted by molar-refractivity contribution is 0.0600. The van der Waals surface area contributed by atoms with E-state index in [1.54, 1.807) is 23.2 Å². The number of methoxy groups -OCH3 is 1. The van der Waals surface area contributed by atoms with Crippen molar-refractivity contribution in [1.29, 1.82) is 0 Å². The third-order valence-electron chi connectivity index (χ3n) is 5.24. The van der Waals surface area contributed by atoms with Crippen LogP contribution in [-0.2, 0) is 14.8 Å². The Balaban J connectivity index is 1.54. The molecule has 10 heteroatoms. The third-order valence-corrected chi connectivity index (χ3v) is 7.40. The molecule has 1 aromatic heterocycles. The van der Waals surface area contributed by atoms with Crippen LogP contribution in [0.15, 0.2) is 52.5 Å². The van der Waals surface area contributed by atoms with Crippen molar-refractivity contribution in [2.24, 2.45) is 5.92 Å². The van der Waals surface area contributed by atoms with Gasteiger partial charge in [0.05, 0.1) is 23.1 Å². The second-order valence-corrected chi connectivity index (χ2v) is 9.73. The molecule has 2 aromatic rings. The monoisotopic (exact) mass is 463 g/mol. The van der Waals surface area contributed by atoms with Gasteiger partial charge in [-0.1, -0.05) is 0 Å². The molecule has 166 valence electrons. The maximum Gasteiger partial charge on any atom is 0.337 e. The number of ether oxygens (including phenoxy) is 1. The van der Waals surface area contributed by atoms with Crippen LogP contribution in [0.1, 0.15) is 33.6 Å². The fourth-order valence-electron chi connectivity index (χ4n) is 3.43. The molecule has 1 aliphatic heterocycles. The summed E-state index contributed by atoms with van der Waals surface area (Å²) in [6.45, 7) is 1.44. The molecule has 31 heavy (non-hydrogen) atoms. The summed E-state index contributed by atoms with van der Waals surface area (Å²) in [4.78, 5) is 30.4. The normalized spacial score (nSPS) is 15.0. The number of hydrogen-bond donors (Lipinski definition) is 1. The van der Waals surface area contributed by atoms with Gasteiger partial charge in [0.15, 0.2) is 0 Å². The number of thioether (sulfide) groups is 1. The zero-order valence-corrected chi connectivity index (χ0v) is 19.0. The number of nitrogens with zero attached hydrogens (tertiary/aromatic N) is 2. The average Bonchev–Trinajstić information content (AvgIpc) is 2.82. The largest absolute Gasteiger partial charge is 0.465 e. The van der Waals surface area contributed by atoms with Crippen LogP contribution in [0.5, 0.6) is 0 Å². The molecule has 1 N–H and O–H groups in total. The molecular formula is C21H25N3O5S2. The van der Waals surface area contributed by atoms with Gasteiger partial charge in [0, 0.05) is 25.8 Å². The van der Waals surface area contributed by atoms with E-state index in [1.165, 1.54) is 43.1 Å². The first kappa shape index (κ1) is 23.2. The molecule has 0 radical (unpaired) electrons. The third kappa shape index (κ3) is 5.63. The van der Waals surface area contributed by atoms with Crippen molar-refractivity contribution >= 4 is 33.7 Å². The van der Waals surface area contributed by atoms with Crippen LogP contribution < -0.4 is 4.72 Å². The Kier molecular flexibility index (Phi) is 7.69. The Bertz CT molecular complexity index is 1030. The minimum absolute atomic E-state index is 0.0397. The number of hydrogen-bond acceptors (Lipinski definition) is 7. The van der Waals surface area contributed by atoms with Crippen molar-refractivity contribution in [2.45, 2.75) is 22.8 Å². The van der Waals surface area contributed by atoms with Crippen molar-refractivity contribution in [3.8, 4) is 0 Å². The van der Waals surface area contributed by atoms with E-state index in [-0.39, 0.29) is 22.3 Å². The molecule has 0 aliphatic carbocycles. The van der Waals surface area contributed by atoms with Crippen molar-refractivity contribution in [3.05, 3.63) is 53.7 Å². The van der Waals surface area contributed by atoms with E-state index >= 15 is 0 Å². The summed E-state index contributed by atoms with van der Waals surface area (Å²) in [6.07, 6.45) is 4.99. The first-order valence-corrected chi connectivity index (χ1v) is 12.5. The van der Waals surface area contributed by atoms with Crippen LogP contribution >= 0.6 is 11.8 Å². The van der Waals surface area contributed by atoms with Crippen LogP contribution in [0.25, 0.3) is 0 Å². The standard InChI is InChI=1S/C21H25N3O5S2/c1-29-21(26)16-5-7-17(8-6-16)31(27,28)23-14-15-9-12-24(13-10-15)20(25)18-4-3-11-22-19(18)30-2/h3-8,11,15,23H,9-10,12-14H2,1-2H3. The number of carbonyl (C=O) groups excluding carboxylic acids is 2. The predicted molar refractivity (Wildman–Crippen MR) is 118 cm³/mol. The number of carbonyl (C=O) groups is 2. The van der Waals surface area contributed by atoms with Gasteiger partial charge in [-0.3, -0.25) is 4.79 Å². The van der Waals surface area contributed by atoms with Crippen LogP contribution in [0, 0.1) is 5.92 Å². The maximum absolute atomic E-state index is 12.8. The highest BCUT2D eigenvalue weighted by Gasteiger charge is 2.26. The molecule has 0 spiro atoms. The van der Waals surface area contributed by atoms with Crippen LogP contribution in [0.4, 0.5) is 0 Å². The smallest absolute Gasteiger partial charge is 0.337 e. The fraction of sp³-hybridized carbons (Fsp3) is 0.381. The van der Waals surface area contributed by atoms with E-state index in [0.717, 1.165) is 0 Å². The predicted octanol–water partition coefficient (Wildman–Crippen LogP) is 2.42. The number of pyridine rings is 1. The Morgan fingerprint density at radius 2 is 1.87 bits per heavy atom. The van der Waals surface area contributed by atoms with E-state index in [1.807, 2.05) is 6.26 Å². The van der Waals surface area contributed by atoms with Gasteiger partial charge in [0.25, 0.3) is 5.91 Å². The number of rotatable bonds is 7.